The summed E-state index contributed by atoms with van der Waals surface area (Å²) in [6, 6.07) is -0.300. The molecule has 2 fully saturated rings. The summed E-state index contributed by atoms with van der Waals surface area (Å²) < 4.78 is 5.31. The Bertz CT molecular complexity index is 313. The highest BCUT2D eigenvalue weighted by Crippen LogP contribution is 2.17. The van der Waals surface area contributed by atoms with Gasteiger partial charge in [0.25, 0.3) is 0 Å². The molecule has 2 atom stereocenters. The van der Waals surface area contributed by atoms with Crippen LogP contribution in [0.3, 0.4) is 0 Å². The second kappa shape index (κ2) is 6.29. The van der Waals surface area contributed by atoms with E-state index in [2.05, 4.69) is 5.32 Å². The highest BCUT2D eigenvalue weighted by molar-refractivity contribution is 6.05. The minimum Gasteiger partial charge on any atom is -0.381 e. The topological polar surface area (TPSA) is 58.6 Å². The van der Waals surface area contributed by atoms with Crippen molar-refractivity contribution in [1.82, 2.24) is 10.2 Å². The van der Waals surface area contributed by atoms with Gasteiger partial charge >= 0.3 is 0 Å². The highest BCUT2D eigenvalue weighted by Gasteiger charge is 2.37. The first-order valence-corrected chi connectivity index (χ1v) is 6.87. The van der Waals surface area contributed by atoms with E-state index < -0.39 is 0 Å². The average Bonchev–Trinajstić information content (AvgIpc) is 2.94. The van der Waals surface area contributed by atoms with Gasteiger partial charge in [-0.2, -0.15) is 0 Å². The number of ether oxygens (including phenoxy) is 1. The molecule has 1 N–H and O–H groups in total. The SMILES string of the molecule is CCCN1C(=O)CC(NCCC2CCOC2)C1=O. The van der Waals surface area contributed by atoms with Gasteiger partial charge in [0, 0.05) is 19.8 Å². The lowest BCUT2D eigenvalue weighted by atomic mass is 10.1. The zero-order valence-corrected chi connectivity index (χ0v) is 11.0. The van der Waals surface area contributed by atoms with Gasteiger partial charge in [-0.1, -0.05) is 6.92 Å². The summed E-state index contributed by atoms with van der Waals surface area (Å²) in [6.07, 6.45) is 3.27. The standard InChI is InChI=1S/C13H22N2O3/c1-2-6-15-12(16)8-11(13(15)17)14-5-3-10-4-7-18-9-10/h10-11,14H,2-9H2,1H3. The molecule has 0 spiro atoms. The maximum absolute atomic E-state index is 12.0. The summed E-state index contributed by atoms with van der Waals surface area (Å²) in [7, 11) is 0. The number of imide groups is 1. The minimum absolute atomic E-state index is 0.0384. The Kier molecular flexibility index (Phi) is 4.72. The molecular weight excluding hydrogens is 232 g/mol. The van der Waals surface area contributed by atoms with Crippen molar-refractivity contribution in [2.24, 2.45) is 5.92 Å². The van der Waals surface area contributed by atoms with Gasteiger partial charge in [0.15, 0.2) is 0 Å². The van der Waals surface area contributed by atoms with Crippen molar-refractivity contribution < 1.29 is 14.3 Å². The fourth-order valence-electron chi connectivity index (χ4n) is 2.57. The van der Waals surface area contributed by atoms with E-state index in [9.17, 15) is 9.59 Å². The van der Waals surface area contributed by atoms with Crippen LogP contribution in [-0.2, 0) is 14.3 Å². The van der Waals surface area contributed by atoms with Gasteiger partial charge in [-0.25, -0.2) is 0 Å². The van der Waals surface area contributed by atoms with Gasteiger partial charge < -0.3 is 10.1 Å². The molecule has 0 aliphatic carbocycles. The van der Waals surface area contributed by atoms with E-state index in [0.29, 0.717) is 18.9 Å². The molecule has 5 nitrogen and oxygen atoms in total. The lowest BCUT2D eigenvalue weighted by Gasteiger charge is -2.15. The second-order valence-electron chi connectivity index (χ2n) is 5.11. The van der Waals surface area contributed by atoms with Crippen molar-refractivity contribution >= 4 is 11.8 Å². The summed E-state index contributed by atoms with van der Waals surface area (Å²) in [6.45, 7) is 5.00. The van der Waals surface area contributed by atoms with Gasteiger partial charge in [-0.05, 0) is 31.7 Å². The first-order valence-electron chi connectivity index (χ1n) is 6.87. The van der Waals surface area contributed by atoms with Crippen molar-refractivity contribution in [1.29, 1.82) is 0 Å². The number of hydrogen-bond acceptors (Lipinski definition) is 4. The summed E-state index contributed by atoms with van der Waals surface area (Å²) in [5.74, 6) is 0.518. The van der Waals surface area contributed by atoms with Crippen LogP contribution in [0.15, 0.2) is 0 Å². The summed E-state index contributed by atoms with van der Waals surface area (Å²) in [5, 5.41) is 3.21. The van der Waals surface area contributed by atoms with Crippen LogP contribution < -0.4 is 5.32 Å². The van der Waals surface area contributed by atoms with Crippen LogP contribution in [-0.4, -0.2) is 49.1 Å². The highest BCUT2D eigenvalue weighted by atomic mass is 16.5. The molecule has 2 saturated heterocycles. The molecule has 0 radical (unpaired) electrons. The lowest BCUT2D eigenvalue weighted by molar-refractivity contribution is -0.138. The van der Waals surface area contributed by atoms with Crippen molar-refractivity contribution in [2.45, 2.75) is 38.6 Å². The van der Waals surface area contributed by atoms with Crippen LogP contribution in [0.1, 0.15) is 32.6 Å². The molecule has 2 unspecified atom stereocenters. The zero-order chi connectivity index (χ0) is 13.0. The Morgan fingerprint density at radius 2 is 2.28 bits per heavy atom. The lowest BCUT2D eigenvalue weighted by Crippen LogP contribution is -2.39. The van der Waals surface area contributed by atoms with E-state index in [-0.39, 0.29) is 17.9 Å². The maximum Gasteiger partial charge on any atom is 0.246 e. The van der Waals surface area contributed by atoms with Gasteiger partial charge in [0.05, 0.1) is 12.5 Å². The van der Waals surface area contributed by atoms with E-state index in [1.165, 1.54) is 4.90 Å². The Hall–Kier alpha value is -0.940. The van der Waals surface area contributed by atoms with E-state index in [1.54, 1.807) is 0 Å². The molecule has 2 aliphatic rings. The Labute approximate surface area is 108 Å². The fourth-order valence-corrected chi connectivity index (χ4v) is 2.57. The van der Waals surface area contributed by atoms with E-state index in [0.717, 1.165) is 39.0 Å². The molecule has 0 bridgehead atoms. The number of nitrogens with zero attached hydrogens (tertiary/aromatic N) is 1. The van der Waals surface area contributed by atoms with Gasteiger partial charge in [-0.3, -0.25) is 14.5 Å². The third-order valence-electron chi connectivity index (χ3n) is 3.66. The normalized spacial score (nSPS) is 28.4. The smallest absolute Gasteiger partial charge is 0.246 e. The number of likely N-dealkylation sites (tertiary alicyclic amines) is 1. The molecule has 0 aromatic heterocycles. The molecule has 0 aromatic rings. The molecule has 0 aromatic carbocycles. The minimum atomic E-state index is -0.300. The van der Waals surface area contributed by atoms with E-state index >= 15 is 0 Å². The quantitative estimate of drug-likeness (QED) is 0.703. The van der Waals surface area contributed by atoms with Crippen molar-refractivity contribution in [3.8, 4) is 0 Å². The molecule has 2 heterocycles. The first kappa shape index (κ1) is 13.5. The van der Waals surface area contributed by atoms with Crippen LogP contribution in [0.4, 0.5) is 0 Å². The number of rotatable bonds is 6. The van der Waals surface area contributed by atoms with Crippen LogP contribution in [0.25, 0.3) is 0 Å². The van der Waals surface area contributed by atoms with Crippen molar-refractivity contribution in [3.63, 3.8) is 0 Å². The van der Waals surface area contributed by atoms with Crippen molar-refractivity contribution in [2.75, 3.05) is 26.3 Å². The molecule has 2 aliphatic heterocycles. The van der Waals surface area contributed by atoms with Crippen LogP contribution >= 0.6 is 0 Å². The summed E-state index contributed by atoms with van der Waals surface area (Å²) >= 11 is 0. The Morgan fingerprint density at radius 1 is 1.44 bits per heavy atom. The maximum atomic E-state index is 12.0. The van der Waals surface area contributed by atoms with Crippen LogP contribution in [0.5, 0.6) is 0 Å². The van der Waals surface area contributed by atoms with Gasteiger partial charge in [0.1, 0.15) is 0 Å². The summed E-state index contributed by atoms with van der Waals surface area (Å²) in [5.41, 5.74) is 0. The van der Waals surface area contributed by atoms with Crippen LogP contribution in [0, 0.1) is 5.92 Å². The first-order chi connectivity index (χ1) is 8.72. The fraction of sp³-hybridized carbons (Fsp3) is 0.846. The van der Waals surface area contributed by atoms with Crippen LogP contribution in [0.2, 0.25) is 0 Å². The molecular formula is C13H22N2O3. The predicted molar refractivity (Wildman–Crippen MR) is 67.0 cm³/mol. The van der Waals surface area contributed by atoms with E-state index in [1.807, 2.05) is 6.92 Å². The molecule has 5 heteroatoms. The van der Waals surface area contributed by atoms with E-state index in [4.69, 9.17) is 4.74 Å². The Balaban J connectivity index is 1.73. The van der Waals surface area contributed by atoms with Crippen molar-refractivity contribution in [3.05, 3.63) is 0 Å². The molecule has 2 rings (SSSR count). The number of nitrogens with one attached hydrogen (secondary N) is 1. The molecule has 2 amide bonds. The number of amides is 2. The average molecular weight is 254 g/mol. The number of carbonyl (C=O) groups is 2. The van der Waals surface area contributed by atoms with Gasteiger partial charge in [0.2, 0.25) is 11.8 Å². The molecule has 0 saturated carbocycles. The largest absolute Gasteiger partial charge is 0.381 e. The predicted octanol–water partition coefficient (Wildman–Crippen LogP) is 0.540. The third-order valence-corrected chi connectivity index (χ3v) is 3.66. The summed E-state index contributed by atoms with van der Waals surface area (Å²) in [4.78, 5) is 25.0. The third kappa shape index (κ3) is 3.09. The molecule has 102 valence electrons. The Morgan fingerprint density at radius 3 is 2.94 bits per heavy atom. The monoisotopic (exact) mass is 254 g/mol. The number of carbonyl (C=O) groups excluding carboxylic acids is 2. The molecule has 18 heavy (non-hydrogen) atoms. The van der Waals surface area contributed by atoms with Gasteiger partial charge in [-0.15, -0.1) is 0 Å². The second-order valence-corrected chi connectivity index (χ2v) is 5.11. The zero-order valence-electron chi connectivity index (χ0n) is 11.0. The number of hydrogen-bond donors (Lipinski definition) is 1.